The summed E-state index contributed by atoms with van der Waals surface area (Å²) in [7, 11) is -0.277. The fourth-order valence-corrected chi connectivity index (χ4v) is 2.57. The second kappa shape index (κ2) is 4.59. The lowest BCUT2D eigenvalue weighted by atomic mass is 9.74. The Hall–Kier alpha value is -0.835. The van der Waals surface area contributed by atoms with Crippen LogP contribution in [0, 0.1) is 6.92 Å². The molecule has 2 heterocycles. The molecule has 2 aliphatic rings. The summed E-state index contributed by atoms with van der Waals surface area (Å²) < 4.78 is 17.6. The lowest BCUT2D eigenvalue weighted by Crippen LogP contribution is -2.41. The molecule has 1 aromatic carbocycles. The van der Waals surface area contributed by atoms with E-state index in [-0.39, 0.29) is 18.3 Å². The first-order valence-electron chi connectivity index (χ1n) is 7.34. The van der Waals surface area contributed by atoms with Gasteiger partial charge in [-0.3, -0.25) is 0 Å². The van der Waals surface area contributed by atoms with Crippen LogP contribution in [0.5, 0.6) is 0 Å². The predicted octanol–water partition coefficient (Wildman–Crippen LogP) is 2.41. The molecule has 0 N–H and O–H groups in total. The van der Waals surface area contributed by atoms with Crippen molar-refractivity contribution in [3.63, 3.8) is 0 Å². The molecular weight excluding hydrogens is 251 g/mol. The van der Waals surface area contributed by atoms with Gasteiger partial charge in [-0.25, -0.2) is 0 Å². The highest BCUT2D eigenvalue weighted by molar-refractivity contribution is 6.62. The van der Waals surface area contributed by atoms with Crippen molar-refractivity contribution < 1.29 is 14.0 Å². The highest BCUT2D eigenvalue weighted by atomic mass is 16.7. The average molecular weight is 274 g/mol. The van der Waals surface area contributed by atoms with Gasteiger partial charge in [-0.05, 0) is 45.6 Å². The third-order valence-electron chi connectivity index (χ3n) is 4.92. The third kappa shape index (κ3) is 2.20. The van der Waals surface area contributed by atoms with Crippen molar-refractivity contribution in [1.82, 2.24) is 0 Å². The Morgan fingerprint density at radius 1 is 1.05 bits per heavy atom. The van der Waals surface area contributed by atoms with Gasteiger partial charge in [0.2, 0.25) is 0 Å². The summed E-state index contributed by atoms with van der Waals surface area (Å²) in [5.74, 6) is 0.525. The van der Waals surface area contributed by atoms with Crippen LogP contribution < -0.4 is 5.46 Å². The van der Waals surface area contributed by atoms with Crippen LogP contribution >= 0.6 is 0 Å². The Labute approximate surface area is 121 Å². The van der Waals surface area contributed by atoms with Gasteiger partial charge < -0.3 is 14.0 Å². The van der Waals surface area contributed by atoms with Crippen molar-refractivity contribution in [1.29, 1.82) is 0 Å². The molecule has 2 aliphatic heterocycles. The maximum absolute atomic E-state index is 6.16. The van der Waals surface area contributed by atoms with Crippen LogP contribution in [0.3, 0.4) is 0 Å². The molecule has 3 nitrogen and oxygen atoms in total. The van der Waals surface area contributed by atoms with Crippen LogP contribution in [0.1, 0.15) is 44.7 Å². The maximum Gasteiger partial charge on any atom is 0.495 e. The molecule has 2 fully saturated rings. The van der Waals surface area contributed by atoms with Crippen LogP contribution in [0.15, 0.2) is 18.2 Å². The zero-order valence-electron chi connectivity index (χ0n) is 13.0. The number of ether oxygens (including phenoxy) is 1. The van der Waals surface area contributed by atoms with E-state index in [4.69, 9.17) is 14.0 Å². The first kappa shape index (κ1) is 14.1. The minimum absolute atomic E-state index is 0.277. The largest absolute Gasteiger partial charge is 0.495 e. The van der Waals surface area contributed by atoms with E-state index >= 15 is 0 Å². The fourth-order valence-electron chi connectivity index (χ4n) is 2.57. The average Bonchev–Trinajstić information content (AvgIpc) is 2.48. The number of rotatable bonds is 2. The number of aryl methyl sites for hydroxylation is 1. The Kier molecular flexibility index (Phi) is 3.24. The first-order chi connectivity index (χ1) is 9.30. The molecule has 108 valence electrons. The lowest BCUT2D eigenvalue weighted by Gasteiger charge is -2.32. The van der Waals surface area contributed by atoms with E-state index in [0.29, 0.717) is 5.92 Å². The number of benzene rings is 1. The molecule has 0 amide bonds. The highest BCUT2D eigenvalue weighted by Gasteiger charge is 2.52. The van der Waals surface area contributed by atoms with Crippen molar-refractivity contribution in [3.8, 4) is 0 Å². The van der Waals surface area contributed by atoms with Crippen LogP contribution in [-0.4, -0.2) is 31.5 Å². The first-order valence-corrected chi connectivity index (χ1v) is 7.34. The molecule has 2 saturated heterocycles. The monoisotopic (exact) mass is 274 g/mol. The van der Waals surface area contributed by atoms with Gasteiger partial charge in [0.05, 0.1) is 24.4 Å². The minimum atomic E-state index is -0.292. The van der Waals surface area contributed by atoms with Crippen molar-refractivity contribution in [2.24, 2.45) is 0 Å². The zero-order chi connectivity index (χ0) is 14.5. The lowest BCUT2D eigenvalue weighted by molar-refractivity contribution is 0.00578. The van der Waals surface area contributed by atoms with Crippen LogP contribution in [-0.2, 0) is 14.0 Å². The van der Waals surface area contributed by atoms with E-state index in [1.165, 1.54) is 11.1 Å². The van der Waals surface area contributed by atoms with E-state index in [2.05, 4.69) is 52.8 Å². The van der Waals surface area contributed by atoms with Gasteiger partial charge >= 0.3 is 7.12 Å². The van der Waals surface area contributed by atoms with Gasteiger partial charge in [-0.15, -0.1) is 0 Å². The second-order valence-corrected chi connectivity index (χ2v) is 6.94. The molecule has 1 aromatic rings. The molecule has 20 heavy (non-hydrogen) atoms. The Morgan fingerprint density at radius 2 is 1.65 bits per heavy atom. The SMILES string of the molecule is Cc1ccc(C2COC2)cc1B1OC(C)(C)C(C)(C)O1. The van der Waals surface area contributed by atoms with E-state index in [1.807, 2.05) is 0 Å². The summed E-state index contributed by atoms with van der Waals surface area (Å²) in [6, 6.07) is 6.58. The summed E-state index contributed by atoms with van der Waals surface area (Å²) in [6.07, 6.45) is 0. The van der Waals surface area contributed by atoms with Gasteiger partial charge in [0.1, 0.15) is 0 Å². The van der Waals surface area contributed by atoms with Gasteiger partial charge in [-0.2, -0.15) is 0 Å². The maximum atomic E-state index is 6.16. The molecule has 0 radical (unpaired) electrons. The Morgan fingerprint density at radius 3 is 2.15 bits per heavy atom. The topological polar surface area (TPSA) is 27.7 Å². The zero-order valence-corrected chi connectivity index (χ0v) is 13.0. The molecule has 0 bridgehead atoms. The van der Waals surface area contributed by atoms with Crippen LogP contribution in [0.25, 0.3) is 0 Å². The van der Waals surface area contributed by atoms with Gasteiger partial charge in [0, 0.05) is 5.92 Å². The van der Waals surface area contributed by atoms with Gasteiger partial charge in [0.15, 0.2) is 0 Å². The van der Waals surface area contributed by atoms with Crippen molar-refractivity contribution >= 4 is 12.6 Å². The summed E-state index contributed by atoms with van der Waals surface area (Å²) in [4.78, 5) is 0. The molecule has 4 heteroatoms. The molecular formula is C16H23BO3. The van der Waals surface area contributed by atoms with Crippen molar-refractivity contribution in [3.05, 3.63) is 29.3 Å². The van der Waals surface area contributed by atoms with E-state index in [0.717, 1.165) is 18.7 Å². The smallest absolute Gasteiger partial charge is 0.399 e. The van der Waals surface area contributed by atoms with E-state index in [1.54, 1.807) is 0 Å². The fraction of sp³-hybridized carbons (Fsp3) is 0.625. The molecule has 0 aliphatic carbocycles. The highest BCUT2D eigenvalue weighted by Crippen LogP contribution is 2.37. The normalized spacial score (nSPS) is 24.8. The Bertz CT molecular complexity index is 504. The molecule has 0 saturated carbocycles. The minimum Gasteiger partial charge on any atom is -0.399 e. The molecule has 0 atom stereocenters. The standard InChI is InChI=1S/C16H23BO3/c1-11-6-7-12(13-9-18-10-13)8-14(11)17-19-15(2,3)16(4,5)20-17/h6-8,13H,9-10H2,1-5H3. The quantitative estimate of drug-likeness (QED) is 0.775. The van der Waals surface area contributed by atoms with Gasteiger partial charge in [-0.1, -0.05) is 23.8 Å². The van der Waals surface area contributed by atoms with Gasteiger partial charge in [0.25, 0.3) is 0 Å². The van der Waals surface area contributed by atoms with E-state index < -0.39 is 0 Å². The third-order valence-corrected chi connectivity index (χ3v) is 4.92. The molecule has 0 aromatic heterocycles. The predicted molar refractivity (Wildman–Crippen MR) is 80.5 cm³/mol. The van der Waals surface area contributed by atoms with Crippen LogP contribution in [0.2, 0.25) is 0 Å². The molecule has 0 unspecified atom stereocenters. The van der Waals surface area contributed by atoms with Crippen molar-refractivity contribution in [2.45, 2.75) is 51.7 Å². The second-order valence-electron chi connectivity index (χ2n) is 6.94. The Balaban J connectivity index is 1.90. The molecule has 3 rings (SSSR count). The van der Waals surface area contributed by atoms with E-state index in [9.17, 15) is 0 Å². The summed E-state index contributed by atoms with van der Waals surface area (Å²) in [6.45, 7) is 12.1. The summed E-state index contributed by atoms with van der Waals surface area (Å²) in [5, 5.41) is 0. The number of hydrogen-bond donors (Lipinski definition) is 0. The van der Waals surface area contributed by atoms with Crippen LogP contribution in [0.4, 0.5) is 0 Å². The summed E-state index contributed by atoms with van der Waals surface area (Å²) in [5.41, 5.74) is 3.10. The number of hydrogen-bond acceptors (Lipinski definition) is 3. The summed E-state index contributed by atoms with van der Waals surface area (Å²) >= 11 is 0. The molecule has 0 spiro atoms. The van der Waals surface area contributed by atoms with Crippen molar-refractivity contribution in [2.75, 3.05) is 13.2 Å².